The summed E-state index contributed by atoms with van der Waals surface area (Å²) >= 11 is 0. The third kappa shape index (κ3) is 24.4. The lowest BCUT2D eigenvalue weighted by Crippen LogP contribution is -1.84. The lowest BCUT2D eigenvalue weighted by Gasteiger charge is -1.86. The van der Waals surface area contributed by atoms with Crippen LogP contribution in [0.3, 0.4) is 0 Å². The van der Waals surface area contributed by atoms with Crippen LogP contribution in [0.25, 0.3) is 0 Å². The number of hydrogen-bond acceptors (Lipinski definition) is 1. The highest BCUT2D eigenvalue weighted by Gasteiger charge is 1.64. The van der Waals surface area contributed by atoms with E-state index in [4.69, 9.17) is 4.74 Å². The lowest BCUT2D eigenvalue weighted by atomic mass is 10.8. The van der Waals surface area contributed by atoms with E-state index in [1.807, 2.05) is 13.8 Å². The van der Waals surface area contributed by atoms with Crippen LogP contribution in [0.4, 0.5) is 4.70 Å². The monoisotopic (exact) mass is 105 g/mol. The number of rotatable bonds is 2. The van der Waals surface area contributed by atoms with Gasteiger partial charge in [0.05, 0.1) is 0 Å². The van der Waals surface area contributed by atoms with Crippen LogP contribution < -0.4 is 0 Å². The molecule has 43 valence electrons. The molecule has 0 aliphatic rings. The molecule has 0 rings (SSSR count). The summed E-state index contributed by atoms with van der Waals surface area (Å²) in [5, 5.41) is 0. The van der Waals surface area contributed by atoms with E-state index in [9.17, 15) is 0 Å². The van der Waals surface area contributed by atoms with Crippen molar-refractivity contribution in [1.82, 2.24) is 0 Å². The Bertz CT molecular complexity index is 19.2. The molecule has 0 unspecified atom stereocenters. The SMILES string of the molecule is CCOCC.F.[B]. The summed E-state index contributed by atoms with van der Waals surface area (Å²) < 4.78 is 4.83. The van der Waals surface area contributed by atoms with E-state index < -0.39 is 0 Å². The van der Waals surface area contributed by atoms with Gasteiger partial charge in [0.2, 0.25) is 0 Å². The van der Waals surface area contributed by atoms with Crippen LogP contribution in [0.15, 0.2) is 0 Å². The highest BCUT2D eigenvalue weighted by atomic mass is 19.0. The van der Waals surface area contributed by atoms with E-state index in [1.165, 1.54) is 0 Å². The fourth-order valence-electron chi connectivity index (χ4n) is 0.204. The van der Waals surface area contributed by atoms with Crippen molar-refractivity contribution in [3.63, 3.8) is 0 Å². The Hall–Kier alpha value is -0.0451. The first kappa shape index (κ1) is 15.8. The molecule has 0 aromatic carbocycles. The van der Waals surface area contributed by atoms with Gasteiger partial charge in [-0.1, -0.05) is 0 Å². The highest BCUT2D eigenvalue weighted by Crippen LogP contribution is 1.64. The molecule has 0 fully saturated rings. The quantitative estimate of drug-likeness (QED) is 0.472. The molecule has 0 aromatic heterocycles. The topological polar surface area (TPSA) is 9.23 Å². The minimum absolute atomic E-state index is 0. The number of halogens is 1. The van der Waals surface area contributed by atoms with Crippen molar-refractivity contribution < 1.29 is 9.44 Å². The standard InChI is InChI=1S/C4H10O.B.FH/c1-3-5-4-2;;/h3-4H2,1-2H3;;1H. The Morgan fingerprint density at radius 2 is 1.43 bits per heavy atom. The molecule has 0 amide bonds. The van der Waals surface area contributed by atoms with Crippen molar-refractivity contribution in [2.75, 3.05) is 13.2 Å². The molecule has 0 aromatic rings. The molecule has 0 spiro atoms. The molecule has 0 bridgehead atoms. The first-order valence-corrected chi connectivity index (χ1v) is 1.99. The Balaban J connectivity index is -0.0000000800. The average molecular weight is 105 g/mol. The predicted molar refractivity (Wildman–Crippen MR) is 30.4 cm³/mol. The molecule has 0 saturated carbocycles. The van der Waals surface area contributed by atoms with Crippen LogP contribution in [-0.4, -0.2) is 21.6 Å². The minimum atomic E-state index is 0. The van der Waals surface area contributed by atoms with Gasteiger partial charge in [-0.2, -0.15) is 0 Å². The van der Waals surface area contributed by atoms with Crippen molar-refractivity contribution in [2.24, 2.45) is 0 Å². The maximum absolute atomic E-state index is 4.83. The van der Waals surface area contributed by atoms with Crippen LogP contribution >= 0.6 is 0 Å². The minimum Gasteiger partial charge on any atom is -0.382 e. The zero-order valence-corrected chi connectivity index (χ0v) is 4.81. The summed E-state index contributed by atoms with van der Waals surface area (Å²) in [7, 11) is 0. The molecule has 0 aliphatic carbocycles. The Morgan fingerprint density at radius 1 is 1.14 bits per heavy atom. The Morgan fingerprint density at radius 3 is 1.43 bits per heavy atom. The van der Waals surface area contributed by atoms with Crippen LogP contribution in [-0.2, 0) is 4.74 Å². The van der Waals surface area contributed by atoms with E-state index in [2.05, 4.69) is 0 Å². The second-order valence-corrected chi connectivity index (χ2v) is 0.781. The zero-order chi connectivity index (χ0) is 4.12. The second-order valence-electron chi connectivity index (χ2n) is 0.781. The molecule has 0 aliphatic heterocycles. The maximum Gasteiger partial charge on any atom is 0.0437 e. The van der Waals surface area contributed by atoms with Crippen molar-refractivity contribution in [3.8, 4) is 0 Å². The van der Waals surface area contributed by atoms with Gasteiger partial charge in [0.25, 0.3) is 0 Å². The second kappa shape index (κ2) is 16.7. The number of hydrogen-bond donors (Lipinski definition) is 0. The van der Waals surface area contributed by atoms with Crippen LogP contribution in [0.2, 0.25) is 0 Å². The zero-order valence-electron chi connectivity index (χ0n) is 4.81. The van der Waals surface area contributed by atoms with Crippen LogP contribution in [0.1, 0.15) is 13.8 Å². The summed E-state index contributed by atoms with van der Waals surface area (Å²) in [6.45, 7) is 5.67. The van der Waals surface area contributed by atoms with Crippen molar-refractivity contribution in [2.45, 2.75) is 13.8 Å². The molecule has 0 atom stereocenters. The third-order valence-electron chi connectivity index (χ3n) is 0.408. The Kier molecular flexibility index (Phi) is 37.7. The molecule has 1 nitrogen and oxygen atoms in total. The molecule has 0 N–H and O–H groups in total. The lowest BCUT2D eigenvalue weighted by molar-refractivity contribution is 0.162. The van der Waals surface area contributed by atoms with Gasteiger partial charge in [-0.15, -0.1) is 0 Å². The van der Waals surface area contributed by atoms with E-state index in [-0.39, 0.29) is 13.1 Å². The van der Waals surface area contributed by atoms with Crippen LogP contribution in [0.5, 0.6) is 0 Å². The molecule has 7 heavy (non-hydrogen) atoms. The van der Waals surface area contributed by atoms with Crippen molar-refractivity contribution in [1.29, 1.82) is 0 Å². The summed E-state index contributed by atoms with van der Waals surface area (Å²) in [6, 6.07) is 0. The van der Waals surface area contributed by atoms with Gasteiger partial charge in [-0.05, 0) is 13.8 Å². The molecule has 3 radical (unpaired) electrons. The van der Waals surface area contributed by atoms with Gasteiger partial charge in [0.15, 0.2) is 0 Å². The van der Waals surface area contributed by atoms with Crippen molar-refractivity contribution >= 4 is 8.41 Å². The first-order valence-electron chi connectivity index (χ1n) is 1.99. The predicted octanol–water partition coefficient (Wildman–Crippen LogP) is 0.815. The van der Waals surface area contributed by atoms with Gasteiger partial charge in [-0.25, -0.2) is 0 Å². The largest absolute Gasteiger partial charge is 0.382 e. The van der Waals surface area contributed by atoms with Crippen LogP contribution in [0, 0.1) is 0 Å². The fourth-order valence-corrected chi connectivity index (χ4v) is 0.204. The van der Waals surface area contributed by atoms with E-state index in [0.29, 0.717) is 0 Å². The van der Waals surface area contributed by atoms with Gasteiger partial charge < -0.3 is 4.74 Å². The first-order chi connectivity index (χ1) is 2.41. The molecule has 0 heterocycles. The Labute approximate surface area is 46.0 Å². The van der Waals surface area contributed by atoms with E-state index in [1.54, 1.807) is 0 Å². The third-order valence-corrected chi connectivity index (χ3v) is 0.408. The van der Waals surface area contributed by atoms with Gasteiger partial charge in [0.1, 0.15) is 0 Å². The van der Waals surface area contributed by atoms with Gasteiger partial charge in [-0.3, -0.25) is 4.70 Å². The summed E-state index contributed by atoms with van der Waals surface area (Å²) in [6.07, 6.45) is 0. The fraction of sp³-hybridized carbons (Fsp3) is 1.00. The summed E-state index contributed by atoms with van der Waals surface area (Å²) in [5.41, 5.74) is 0. The summed E-state index contributed by atoms with van der Waals surface area (Å²) in [5.74, 6) is 0. The number of ether oxygens (including phenoxy) is 1. The highest BCUT2D eigenvalue weighted by molar-refractivity contribution is 5.75. The van der Waals surface area contributed by atoms with E-state index >= 15 is 0 Å². The summed E-state index contributed by atoms with van der Waals surface area (Å²) in [4.78, 5) is 0. The molecular formula is C4H11BFO. The smallest absolute Gasteiger partial charge is 0.0437 e. The van der Waals surface area contributed by atoms with E-state index in [0.717, 1.165) is 13.2 Å². The normalized spacial score (nSPS) is 6.00. The maximum atomic E-state index is 4.83. The van der Waals surface area contributed by atoms with Gasteiger partial charge >= 0.3 is 0 Å². The average Bonchev–Trinajstić information content (AvgIpc) is 1.41. The molecular weight excluding hydrogens is 93.9 g/mol. The molecule has 3 heteroatoms. The molecule has 0 saturated heterocycles. The van der Waals surface area contributed by atoms with Gasteiger partial charge in [0, 0.05) is 21.6 Å². The van der Waals surface area contributed by atoms with Crippen molar-refractivity contribution in [3.05, 3.63) is 0 Å².